The average molecular weight is 293 g/mol. The molecule has 1 saturated heterocycles. The number of ether oxygens (including phenoxy) is 2. The predicted molar refractivity (Wildman–Crippen MR) is 78.4 cm³/mol. The van der Waals surface area contributed by atoms with Gasteiger partial charge in [0.2, 0.25) is 0 Å². The van der Waals surface area contributed by atoms with Gasteiger partial charge in [-0.25, -0.2) is 9.59 Å². The third-order valence-electron chi connectivity index (χ3n) is 3.50. The van der Waals surface area contributed by atoms with Crippen LogP contribution in [0.3, 0.4) is 0 Å². The van der Waals surface area contributed by atoms with E-state index in [9.17, 15) is 9.59 Å². The Hall–Kier alpha value is -2.44. The molecule has 1 fully saturated rings. The first-order valence-electron chi connectivity index (χ1n) is 6.62. The molecule has 0 radical (unpaired) electrons. The van der Waals surface area contributed by atoms with Gasteiger partial charge in [0.1, 0.15) is 0 Å². The summed E-state index contributed by atoms with van der Waals surface area (Å²) in [6.07, 6.45) is 0.377. The maximum Gasteiger partial charge on any atom is 0.407 e. The van der Waals surface area contributed by atoms with Crippen molar-refractivity contribution in [2.24, 2.45) is 0 Å². The highest BCUT2D eigenvalue weighted by atomic mass is 16.5. The highest BCUT2D eigenvalue weighted by Crippen LogP contribution is 2.25. The van der Waals surface area contributed by atoms with Crippen LogP contribution in [-0.4, -0.2) is 45.4 Å². The third kappa shape index (κ3) is 3.36. The Morgan fingerprint density at radius 1 is 1.33 bits per heavy atom. The number of amides is 1. The van der Waals surface area contributed by atoms with E-state index in [1.165, 1.54) is 14.2 Å². The van der Waals surface area contributed by atoms with E-state index < -0.39 is 12.1 Å². The Balaban J connectivity index is 2.09. The van der Waals surface area contributed by atoms with E-state index >= 15 is 0 Å². The van der Waals surface area contributed by atoms with Crippen molar-refractivity contribution in [2.75, 3.05) is 37.9 Å². The zero-order valence-electron chi connectivity index (χ0n) is 12.1. The Kier molecular flexibility index (Phi) is 4.52. The molecule has 1 aromatic rings. The van der Waals surface area contributed by atoms with Crippen molar-refractivity contribution < 1.29 is 19.1 Å². The van der Waals surface area contributed by atoms with Crippen molar-refractivity contribution in [3.05, 3.63) is 23.8 Å². The van der Waals surface area contributed by atoms with Gasteiger partial charge in [-0.1, -0.05) is 0 Å². The monoisotopic (exact) mass is 293 g/mol. The normalized spacial score (nSPS) is 17.4. The molecule has 21 heavy (non-hydrogen) atoms. The van der Waals surface area contributed by atoms with Crippen molar-refractivity contribution in [1.29, 1.82) is 0 Å². The minimum Gasteiger partial charge on any atom is -0.465 e. The summed E-state index contributed by atoms with van der Waals surface area (Å²) in [6.45, 7) is 1.43. The topological polar surface area (TPSA) is 93.9 Å². The van der Waals surface area contributed by atoms with Crippen molar-refractivity contribution in [3.8, 4) is 0 Å². The lowest BCUT2D eigenvalue weighted by molar-refractivity contribution is 0.0602. The van der Waals surface area contributed by atoms with Crippen LogP contribution in [-0.2, 0) is 9.47 Å². The summed E-state index contributed by atoms with van der Waals surface area (Å²) in [5.74, 6) is -0.460. The highest BCUT2D eigenvalue weighted by molar-refractivity contribution is 5.96. The highest BCUT2D eigenvalue weighted by Gasteiger charge is 2.25. The van der Waals surface area contributed by atoms with Crippen LogP contribution in [0.2, 0.25) is 0 Å². The van der Waals surface area contributed by atoms with Gasteiger partial charge >= 0.3 is 12.1 Å². The number of hydrogen-bond donors (Lipinski definition) is 2. The van der Waals surface area contributed by atoms with Gasteiger partial charge in [0.25, 0.3) is 0 Å². The Labute approximate surface area is 123 Å². The van der Waals surface area contributed by atoms with E-state index in [-0.39, 0.29) is 6.04 Å². The summed E-state index contributed by atoms with van der Waals surface area (Å²) in [4.78, 5) is 24.9. The number of anilines is 2. The zero-order chi connectivity index (χ0) is 15.4. The zero-order valence-corrected chi connectivity index (χ0v) is 12.1. The molecule has 1 amide bonds. The first-order chi connectivity index (χ1) is 10.0. The molecule has 1 aromatic carbocycles. The number of nitrogens with two attached hydrogens (primary N) is 1. The van der Waals surface area contributed by atoms with Crippen LogP contribution >= 0.6 is 0 Å². The molecule has 114 valence electrons. The molecule has 1 unspecified atom stereocenters. The fourth-order valence-corrected chi connectivity index (χ4v) is 2.37. The second kappa shape index (κ2) is 6.34. The Morgan fingerprint density at radius 2 is 2.10 bits per heavy atom. The number of hydrogen-bond acceptors (Lipinski definition) is 6. The number of nitrogens with zero attached hydrogens (tertiary/aromatic N) is 1. The first kappa shape index (κ1) is 15.0. The van der Waals surface area contributed by atoms with Crippen LogP contribution in [0, 0.1) is 0 Å². The number of esters is 1. The summed E-state index contributed by atoms with van der Waals surface area (Å²) in [5, 5.41) is 2.77. The van der Waals surface area contributed by atoms with E-state index in [1.807, 2.05) is 6.07 Å². The predicted octanol–water partition coefficient (Wildman–Crippen LogP) is 0.990. The molecule has 1 aliphatic heterocycles. The van der Waals surface area contributed by atoms with Gasteiger partial charge in [0.15, 0.2) is 0 Å². The van der Waals surface area contributed by atoms with Gasteiger partial charge in [0, 0.05) is 24.5 Å². The maximum atomic E-state index is 11.7. The van der Waals surface area contributed by atoms with Gasteiger partial charge in [0.05, 0.1) is 25.8 Å². The lowest BCUT2D eigenvalue weighted by Crippen LogP contribution is -2.37. The first-order valence-corrected chi connectivity index (χ1v) is 6.62. The number of methoxy groups -OCH3 is 2. The molecule has 7 heteroatoms. The number of nitrogens with one attached hydrogen (secondary N) is 1. The standard InChI is InChI=1S/C14H19N3O4/c1-20-13(18)11-7-10(3-4-12(11)15)17-6-5-9(8-17)16-14(19)21-2/h3-4,7,9H,5-6,8,15H2,1-2H3,(H,16,19). The number of alkyl carbamates (subject to hydrolysis) is 1. The van der Waals surface area contributed by atoms with E-state index in [0.29, 0.717) is 17.8 Å². The van der Waals surface area contributed by atoms with Crippen molar-refractivity contribution >= 4 is 23.4 Å². The van der Waals surface area contributed by atoms with Crippen LogP contribution in [0.5, 0.6) is 0 Å². The second-order valence-electron chi connectivity index (χ2n) is 4.83. The molecule has 0 spiro atoms. The van der Waals surface area contributed by atoms with Gasteiger partial charge in [-0.2, -0.15) is 0 Å². The number of nitrogen functional groups attached to an aromatic ring is 1. The van der Waals surface area contributed by atoms with Crippen molar-refractivity contribution in [2.45, 2.75) is 12.5 Å². The van der Waals surface area contributed by atoms with Crippen molar-refractivity contribution in [3.63, 3.8) is 0 Å². The Bertz CT molecular complexity index is 547. The summed E-state index contributed by atoms with van der Waals surface area (Å²) in [6, 6.07) is 5.27. The van der Waals surface area contributed by atoms with Gasteiger partial charge in [-0.15, -0.1) is 0 Å². The summed E-state index contributed by atoms with van der Waals surface area (Å²) in [5.41, 5.74) is 7.39. The SMILES string of the molecule is COC(=O)NC1CCN(c2ccc(N)c(C(=O)OC)c2)C1. The van der Waals surface area contributed by atoms with Crippen LogP contribution in [0.25, 0.3) is 0 Å². The van der Waals surface area contributed by atoms with Crippen molar-refractivity contribution in [1.82, 2.24) is 5.32 Å². The Morgan fingerprint density at radius 3 is 2.76 bits per heavy atom. The van der Waals surface area contributed by atoms with Gasteiger partial charge < -0.3 is 25.4 Å². The van der Waals surface area contributed by atoms with Crippen LogP contribution in [0.15, 0.2) is 18.2 Å². The summed E-state index contributed by atoms with van der Waals surface area (Å²) >= 11 is 0. The fraction of sp³-hybridized carbons (Fsp3) is 0.429. The molecular formula is C14H19N3O4. The number of carbonyl (C=O) groups excluding carboxylic acids is 2. The molecule has 2 rings (SSSR count). The molecule has 1 heterocycles. The average Bonchev–Trinajstić information content (AvgIpc) is 2.95. The molecule has 1 aliphatic rings. The smallest absolute Gasteiger partial charge is 0.407 e. The van der Waals surface area contributed by atoms with Crippen LogP contribution in [0.1, 0.15) is 16.8 Å². The van der Waals surface area contributed by atoms with Gasteiger partial charge in [-0.05, 0) is 24.6 Å². The molecule has 0 aromatic heterocycles. The molecule has 0 saturated carbocycles. The number of benzene rings is 1. The largest absolute Gasteiger partial charge is 0.465 e. The summed E-state index contributed by atoms with van der Waals surface area (Å²) in [7, 11) is 2.66. The third-order valence-corrected chi connectivity index (χ3v) is 3.50. The fourth-order valence-electron chi connectivity index (χ4n) is 2.37. The second-order valence-corrected chi connectivity index (χ2v) is 4.83. The van der Waals surface area contributed by atoms with E-state index in [2.05, 4.69) is 15.0 Å². The molecule has 3 N–H and O–H groups in total. The minimum absolute atomic E-state index is 0.0246. The van der Waals surface area contributed by atoms with E-state index in [4.69, 9.17) is 10.5 Å². The lowest BCUT2D eigenvalue weighted by atomic mass is 10.1. The molecular weight excluding hydrogens is 274 g/mol. The number of rotatable bonds is 3. The minimum atomic E-state index is -0.460. The quantitative estimate of drug-likeness (QED) is 0.637. The number of carbonyl (C=O) groups is 2. The lowest BCUT2D eigenvalue weighted by Gasteiger charge is -2.20. The van der Waals surface area contributed by atoms with E-state index in [1.54, 1.807) is 12.1 Å². The van der Waals surface area contributed by atoms with Crippen LogP contribution in [0.4, 0.5) is 16.2 Å². The summed E-state index contributed by atoms with van der Waals surface area (Å²) < 4.78 is 9.30. The van der Waals surface area contributed by atoms with E-state index in [0.717, 1.165) is 18.7 Å². The molecule has 0 aliphatic carbocycles. The molecule has 1 atom stereocenters. The maximum absolute atomic E-state index is 11.7. The van der Waals surface area contributed by atoms with Gasteiger partial charge in [-0.3, -0.25) is 0 Å². The molecule has 7 nitrogen and oxygen atoms in total. The molecule has 0 bridgehead atoms. The van der Waals surface area contributed by atoms with Crippen LogP contribution < -0.4 is 16.0 Å².